The molecule has 1 unspecified atom stereocenters. The number of rotatable bonds is 12. The molecule has 0 aromatic heterocycles. The van der Waals surface area contributed by atoms with E-state index in [1.54, 1.807) is 41.1 Å². The molecule has 3 aliphatic heterocycles. The van der Waals surface area contributed by atoms with Crippen LogP contribution in [0.2, 0.25) is 0 Å². The van der Waals surface area contributed by atoms with Crippen molar-refractivity contribution in [3.05, 3.63) is 47.6 Å². The molecule has 4 aliphatic rings. The smallest absolute Gasteiger partial charge is 0.329 e. The van der Waals surface area contributed by atoms with Crippen LogP contribution in [0.4, 0.5) is 0 Å². The number of methoxy groups -OCH3 is 3. The first-order valence-corrected chi connectivity index (χ1v) is 26.4. The Morgan fingerprint density at radius 1 is 0.831 bits per heavy atom. The van der Waals surface area contributed by atoms with Gasteiger partial charge < -0.3 is 48.3 Å². The van der Waals surface area contributed by atoms with Crippen molar-refractivity contribution in [3.63, 3.8) is 0 Å². The summed E-state index contributed by atoms with van der Waals surface area (Å²) in [7, 11) is 4.71. The summed E-state index contributed by atoms with van der Waals surface area (Å²) in [5.41, 5.74) is 1.26. The van der Waals surface area contributed by atoms with E-state index in [0.717, 1.165) is 24.8 Å². The lowest BCUT2D eigenvalue weighted by Gasteiger charge is -2.43. The van der Waals surface area contributed by atoms with E-state index in [2.05, 4.69) is 6.92 Å². The highest BCUT2D eigenvalue weighted by Gasteiger charge is 2.53. The molecular weight excluding hydrogens is 911 g/mol. The highest BCUT2D eigenvalue weighted by atomic mass is 16.6. The van der Waals surface area contributed by atoms with Crippen LogP contribution in [0.5, 0.6) is 0 Å². The van der Waals surface area contributed by atoms with Gasteiger partial charge in [0.1, 0.15) is 30.1 Å². The quantitative estimate of drug-likeness (QED) is 0.0846. The highest BCUT2D eigenvalue weighted by Crippen LogP contribution is 2.38. The summed E-state index contributed by atoms with van der Waals surface area (Å²) in [6.07, 6.45) is 13.2. The molecule has 1 aliphatic carbocycles. The van der Waals surface area contributed by atoms with E-state index in [9.17, 15) is 34.2 Å². The largest absolute Gasteiger partial charge is 0.460 e. The normalized spacial score (nSPS) is 36.8. The number of ether oxygens (including phenoxy) is 7. The maximum absolute atomic E-state index is 14.5. The third-order valence-electron chi connectivity index (χ3n) is 15.5. The van der Waals surface area contributed by atoms with Crippen LogP contribution in [0.25, 0.3) is 0 Å². The summed E-state index contributed by atoms with van der Waals surface area (Å²) in [6.45, 7) is 16.5. The zero-order valence-corrected chi connectivity index (χ0v) is 44.8. The van der Waals surface area contributed by atoms with Crippen LogP contribution in [0.3, 0.4) is 0 Å². The van der Waals surface area contributed by atoms with E-state index in [4.69, 9.17) is 33.2 Å². The number of aliphatic hydroxyl groups excluding tert-OH is 1. The minimum Gasteiger partial charge on any atom is -0.460 e. The highest BCUT2D eigenvalue weighted by molar-refractivity contribution is 6.39. The number of piperidine rings is 1. The van der Waals surface area contributed by atoms with Crippen LogP contribution in [0.15, 0.2) is 47.6 Å². The van der Waals surface area contributed by atoms with Crippen LogP contribution in [-0.4, -0.2) is 147 Å². The van der Waals surface area contributed by atoms with Crippen molar-refractivity contribution < 1.29 is 67.3 Å². The number of hydrogen-bond donors (Lipinski definition) is 2. The van der Waals surface area contributed by atoms with Gasteiger partial charge in [-0.3, -0.25) is 19.2 Å². The van der Waals surface area contributed by atoms with E-state index >= 15 is 0 Å². The van der Waals surface area contributed by atoms with Gasteiger partial charge in [0.15, 0.2) is 5.78 Å². The summed E-state index contributed by atoms with van der Waals surface area (Å²) < 4.78 is 41.1. The number of ketones is 3. The standard InChI is InChI=1S/C56H89NO14/c1-35-17-13-12-14-18-36(2)48(69-28-27-68-26-25-65-9)33-44-23-21-42(8)56(64,71-44)53(61)54(62)57-24-16-15-19-45(57)55(63)70-49(39(5)31-43-22-20-37(3)47(32-43)66-10)34-46(58)38(4)30-41(7)51(60)52(67-11)50(59)40(6)29-35/h12-14,17-18,30,35,37-40,42-45,47-49,51-52,60,64H,15-16,19-29,31-34H2,1-11H3/b14-12?,17-13+,36-18?,41-30+/t35-,37-,38-,39-,40-,42-,43+,44+,45+,47-,48?,49+,51-,52+,56-/m1/s1. The monoisotopic (exact) mass is 1000 g/mol. The van der Waals surface area contributed by atoms with Crippen molar-refractivity contribution in [2.75, 3.05) is 54.3 Å². The lowest BCUT2D eigenvalue weighted by Crippen LogP contribution is -2.61. The second kappa shape index (κ2) is 29.5. The molecule has 0 aromatic rings. The average Bonchev–Trinajstić information content (AvgIpc) is 3.34. The number of aliphatic hydroxyl groups is 2. The Balaban J connectivity index is 1.71. The van der Waals surface area contributed by atoms with Gasteiger partial charge in [-0.1, -0.05) is 78.0 Å². The molecule has 15 atom stereocenters. The molecule has 402 valence electrons. The van der Waals surface area contributed by atoms with Crippen LogP contribution in [0.1, 0.15) is 132 Å². The number of fused-ring (bicyclic) bond motifs is 3. The van der Waals surface area contributed by atoms with E-state index in [-0.39, 0.29) is 67.8 Å². The lowest BCUT2D eigenvalue weighted by molar-refractivity contribution is -0.266. The molecule has 4 rings (SSSR count). The first kappa shape index (κ1) is 60.1. The molecule has 0 radical (unpaired) electrons. The van der Waals surface area contributed by atoms with Gasteiger partial charge in [-0.05, 0) is 113 Å². The summed E-state index contributed by atoms with van der Waals surface area (Å²) in [5.74, 6) is -7.30. The minimum atomic E-state index is -2.46. The van der Waals surface area contributed by atoms with E-state index < -0.39 is 77.8 Å². The van der Waals surface area contributed by atoms with Crippen molar-refractivity contribution in [1.29, 1.82) is 0 Å². The van der Waals surface area contributed by atoms with Gasteiger partial charge in [0.2, 0.25) is 5.79 Å². The van der Waals surface area contributed by atoms with E-state index in [1.165, 1.54) is 12.0 Å². The molecule has 0 aromatic carbocycles. The first-order chi connectivity index (χ1) is 33.7. The summed E-state index contributed by atoms with van der Waals surface area (Å²) in [6, 6.07) is -1.13. The molecule has 2 N–H and O–H groups in total. The molecule has 1 saturated carbocycles. The second-order valence-corrected chi connectivity index (χ2v) is 21.2. The number of esters is 1. The number of carbonyl (C=O) groups excluding carboxylic acids is 5. The predicted octanol–water partition coefficient (Wildman–Crippen LogP) is 7.49. The number of carbonyl (C=O) groups is 5. The number of nitrogens with zero attached hydrogens (tertiary/aromatic N) is 1. The Bertz CT molecular complexity index is 1860. The molecular formula is C56H89NO14. The van der Waals surface area contributed by atoms with Crippen LogP contribution in [0, 0.1) is 41.4 Å². The molecule has 3 heterocycles. The number of hydrogen-bond acceptors (Lipinski definition) is 14. The molecule has 3 fully saturated rings. The third-order valence-corrected chi connectivity index (χ3v) is 15.5. The number of allylic oxidation sites excluding steroid dienone is 6. The lowest BCUT2D eigenvalue weighted by atomic mass is 9.76. The number of Topliss-reactive ketones (excluding diaryl/α,β-unsaturated/α-hetero) is 3. The fourth-order valence-electron chi connectivity index (χ4n) is 10.8. The van der Waals surface area contributed by atoms with Gasteiger partial charge >= 0.3 is 5.97 Å². The summed E-state index contributed by atoms with van der Waals surface area (Å²) in [5, 5.41) is 23.6. The Morgan fingerprint density at radius 2 is 1.56 bits per heavy atom. The third kappa shape index (κ3) is 17.3. The maximum Gasteiger partial charge on any atom is 0.329 e. The predicted molar refractivity (Wildman–Crippen MR) is 270 cm³/mol. The van der Waals surface area contributed by atoms with Crippen LogP contribution < -0.4 is 0 Å². The molecule has 15 heteroatoms. The summed E-state index contributed by atoms with van der Waals surface area (Å²) >= 11 is 0. The van der Waals surface area contributed by atoms with Crippen molar-refractivity contribution in [2.24, 2.45) is 41.4 Å². The number of cyclic esters (lactones) is 1. The second-order valence-electron chi connectivity index (χ2n) is 21.2. The topological polar surface area (TPSA) is 194 Å². The van der Waals surface area contributed by atoms with Crippen molar-refractivity contribution in [1.82, 2.24) is 4.90 Å². The maximum atomic E-state index is 14.5. The Morgan fingerprint density at radius 3 is 2.27 bits per heavy atom. The fraction of sp³-hybridized carbons (Fsp3) is 0.768. The van der Waals surface area contributed by atoms with Gasteiger partial charge in [0.25, 0.3) is 11.7 Å². The van der Waals surface area contributed by atoms with E-state index in [1.807, 2.05) is 58.1 Å². The van der Waals surface area contributed by atoms with Crippen LogP contribution in [-0.2, 0) is 57.1 Å². The number of amides is 1. The Kier molecular flexibility index (Phi) is 25.0. The first-order valence-electron chi connectivity index (χ1n) is 26.4. The van der Waals surface area contributed by atoms with E-state index in [0.29, 0.717) is 69.8 Å². The Hall–Kier alpha value is -3.41. The molecule has 1 amide bonds. The average molecular weight is 1000 g/mol. The molecule has 71 heavy (non-hydrogen) atoms. The van der Waals surface area contributed by atoms with Crippen molar-refractivity contribution in [2.45, 2.75) is 181 Å². The van der Waals surface area contributed by atoms with Gasteiger partial charge in [-0.15, -0.1) is 0 Å². The van der Waals surface area contributed by atoms with Gasteiger partial charge in [0.05, 0.1) is 44.7 Å². The minimum absolute atomic E-state index is 0.00490. The SMILES string of the molecule is COCCOCCOC1C[C@@H]2CC[C@@H](C)[C@@](O)(O2)C(=O)C(=O)N2CCCC[C@H]2C(=O)O[C@H]([C@H](C)C[C@@H]2CC[C@@H](C)[C@H](OC)C2)CC(=O)[C@H](C)/C=C(\C)[C@@H](O)[C@@H](OC)C(=O)[C@H](C)C[C@H](C)/C=C/C=CC=C1C. The van der Waals surface area contributed by atoms with Crippen LogP contribution >= 0.6 is 0 Å². The van der Waals surface area contributed by atoms with Gasteiger partial charge in [0, 0.05) is 58.5 Å². The van der Waals surface area contributed by atoms with Gasteiger partial charge in [-0.25, -0.2) is 4.79 Å². The zero-order valence-electron chi connectivity index (χ0n) is 44.8. The fourth-order valence-corrected chi connectivity index (χ4v) is 10.8. The molecule has 0 spiro atoms. The Labute approximate surface area is 424 Å². The van der Waals surface area contributed by atoms with Crippen molar-refractivity contribution >= 4 is 29.2 Å². The molecule has 2 bridgehead atoms. The molecule has 2 saturated heterocycles. The zero-order chi connectivity index (χ0) is 52.4. The van der Waals surface area contributed by atoms with Crippen molar-refractivity contribution in [3.8, 4) is 0 Å². The summed E-state index contributed by atoms with van der Waals surface area (Å²) in [4.78, 5) is 72.6. The van der Waals surface area contributed by atoms with Gasteiger partial charge in [-0.2, -0.15) is 0 Å². The molecule has 15 nitrogen and oxygen atoms in total.